The molecule has 0 radical (unpaired) electrons. The Morgan fingerprint density at radius 2 is 1.94 bits per heavy atom. The Balaban J connectivity index is 1.55. The quantitative estimate of drug-likeness (QED) is 0.585. The molecule has 3 aromatic rings. The van der Waals surface area contributed by atoms with Crippen molar-refractivity contribution in [1.82, 2.24) is 19.9 Å². The van der Waals surface area contributed by atoms with E-state index in [9.17, 15) is 9.50 Å². The number of hydrogen-bond acceptors (Lipinski definition) is 7. The van der Waals surface area contributed by atoms with Gasteiger partial charge in [0, 0.05) is 30.9 Å². The van der Waals surface area contributed by atoms with Crippen molar-refractivity contribution in [2.45, 2.75) is 50.2 Å². The van der Waals surface area contributed by atoms with Gasteiger partial charge in [-0.3, -0.25) is 0 Å². The van der Waals surface area contributed by atoms with E-state index in [2.05, 4.69) is 22.2 Å². The summed E-state index contributed by atoms with van der Waals surface area (Å²) in [6.45, 7) is 1.62. The third-order valence-corrected chi connectivity index (χ3v) is 7.79. The highest BCUT2D eigenvalue weighted by atomic mass is 32.1. The maximum Gasteiger partial charge on any atom is 0.223 e. The number of likely N-dealkylation sites (tertiary alicyclic amines) is 1. The summed E-state index contributed by atoms with van der Waals surface area (Å²) in [4.78, 5) is 17.1. The molecule has 1 aliphatic carbocycles. The van der Waals surface area contributed by atoms with Crippen LogP contribution in [0.25, 0.3) is 21.8 Å². The molecule has 0 atom stereocenters. The van der Waals surface area contributed by atoms with Crippen molar-refractivity contribution in [3.05, 3.63) is 47.4 Å². The van der Waals surface area contributed by atoms with E-state index in [1.165, 1.54) is 36.3 Å². The maximum atomic E-state index is 14.0. The standard InChI is InChI=1S/C24H28FN5OS/c1-30-13-10-24(31,11-14-30)22-29-20(16-5-4-6-17(25)15-16)21(32-22)19-9-12-26-23(28-19)27-18-7-2-3-8-18/h4-6,9,12,15,18,31H,2-3,7-8,10-11,13-14H2,1H3,(H,26,27,28). The summed E-state index contributed by atoms with van der Waals surface area (Å²) in [5.74, 6) is 0.292. The first-order valence-corrected chi connectivity index (χ1v) is 12.1. The largest absolute Gasteiger partial charge is 0.383 e. The molecule has 6 nitrogen and oxygen atoms in total. The number of aromatic nitrogens is 3. The summed E-state index contributed by atoms with van der Waals surface area (Å²) in [7, 11) is 2.06. The number of anilines is 1. The van der Waals surface area contributed by atoms with Crippen LogP contribution in [0.15, 0.2) is 36.5 Å². The number of rotatable bonds is 5. The first-order valence-electron chi connectivity index (χ1n) is 11.3. The van der Waals surface area contributed by atoms with Gasteiger partial charge in [0.2, 0.25) is 5.95 Å². The second-order valence-corrected chi connectivity index (χ2v) is 9.93. The second kappa shape index (κ2) is 8.84. The molecule has 1 aromatic carbocycles. The normalized spacial score (nSPS) is 19.3. The van der Waals surface area contributed by atoms with Crippen LogP contribution >= 0.6 is 11.3 Å². The van der Waals surface area contributed by atoms with Gasteiger partial charge in [0.25, 0.3) is 0 Å². The van der Waals surface area contributed by atoms with Gasteiger partial charge in [0.1, 0.15) is 16.4 Å². The monoisotopic (exact) mass is 453 g/mol. The predicted octanol–water partition coefficient (Wildman–Crippen LogP) is 4.67. The molecule has 0 spiro atoms. The van der Waals surface area contributed by atoms with E-state index in [1.54, 1.807) is 12.3 Å². The van der Waals surface area contributed by atoms with Crippen molar-refractivity contribution in [3.63, 3.8) is 0 Å². The Hall–Kier alpha value is -2.42. The van der Waals surface area contributed by atoms with Crippen LogP contribution < -0.4 is 5.32 Å². The molecule has 0 amide bonds. The third-order valence-electron chi connectivity index (χ3n) is 6.51. The zero-order valence-electron chi connectivity index (χ0n) is 18.2. The van der Waals surface area contributed by atoms with Crippen molar-refractivity contribution in [1.29, 1.82) is 0 Å². The molecule has 0 unspecified atom stereocenters. The van der Waals surface area contributed by atoms with Gasteiger partial charge in [-0.05, 0) is 50.9 Å². The number of nitrogens with zero attached hydrogens (tertiary/aromatic N) is 4. The maximum absolute atomic E-state index is 14.0. The number of thiazole rings is 1. The fourth-order valence-corrected chi connectivity index (χ4v) is 5.74. The summed E-state index contributed by atoms with van der Waals surface area (Å²) in [5, 5.41) is 15.5. The van der Waals surface area contributed by atoms with Gasteiger partial charge in [-0.2, -0.15) is 0 Å². The van der Waals surface area contributed by atoms with Gasteiger partial charge in [0.05, 0.1) is 16.3 Å². The first kappa shape index (κ1) is 21.4. The second-order valence-electron chi connectivity index (χ2n) is 8.93. The van der Waals surface area contributed by atoms with Gasteiger partial charge in [-0.1, -0.05) is 25.0 Å². The van der Waals surface area contributed by atoms with Crippen LogP contribution in [0, 0.1) is 5.82 Å². The van der Waals surface area contributed by atoms with Crippen LogP contribution in [0.5, 0.6) is 0 Å². The summed E-state index contributed by atoms with van der Waals surface area (Å²) >= 11 is 1.45. The lowest BCUT2D eigenvalue weighted by molar-refractivity contribution is -0.0203. The van der Waals surface area contributed by atoms with Gasteiger partial charge < -0.3 is 15.3 Å². The molecule has 8 heteroatoms. The van der Waals surface area contributed by atoms with Crippen molar-refractivity contribution in [2.75, 3.05) is 25.5 Å². The lowest BCUT2D eigenvalue weighted by Crippen LogP contribution is -2.40. The average Bonchev–Trinajstić information content (AvgIpc) is 3.47. The number of hydrogen-bond donors (Lipinski definition) is 2. The van der Waals surface area contributed by atoms with Crippen molar-refractivity contribution < 1.29 is 9.50 Å². The highest BCUT2D eigenvalue weighted by Gasteiger charge is 2.37. The summed E-state index contributed by atoms with van der Waals surface area (Å²) in [6, 6.07) is 8.71. The molecular weight excluding hydrogens is 425 g/mol. The summed E-state index contributed by atoms with van der Waals surface area (Å²) < 4.78 is 14.0. The first-order chi connectivity index (χ1) is 15.5. The molecule has 2 fully saturated rings. The Kier molecular flexibility index (Phi) is 5.92. The van der Waals surface area contributed by atoms with E-state index in [0.717, 1.165) is 36.5 Å². The van der Waals surface area contributed by atoms with E-state index in [-0.39, 0.29) is 5.82 Å². The van der Waals surface area contributed by atoms with Crippen LogP contribution in [0.2, 0.25) is 0 Å². The highest BCUT2D eigenvalue weighted by molar-refractivity contribution is 7.15. The van der Waals surface area contributed by atoms with Crippen LogP contribution in [-0.4, -0.2) is 51.1 Å². The molecule has 3 heterocycles. The molecule has 5 rings (SSSR count). The van der Waals surface area contributed by atoms with Crippen LogP contribution in [0.4, 0.5) is 10.3 Å². The van der Waals surface area contributed by atoms with Crippen LogP contribution in [0.3, 0.4) is 0 Å². The Bertz CT molecular complexity index is 1090. The number of aliphatic hydroxyl groups is 1. The molecule has 1 saturated carbocycles. The number of piperidine rings is 1. The zero-order valence-corrected chi connectivity index (χ0v) is 19.0. The van der Waals surface area contributed by atoms with Gasteiger partial charge in [0.15, 0.2) is 0 Å². The fraction of sp³-hybridized carbons (Fsp3) is 0.458. The predicted molar refractivity (Wildman–Crippen MR) is 125 cm³/mol. The lowest BCUT2D eigenvalue weighted by atomic mass is 9.92. The minimum absolute atomic E-state index is 0.313. The number of nitrogens with one attached hydrogen (secondary N) is 1. The number of benzene rings is 1. The molecule has 2 aromatic heterocycles. The van der Waals surface area contributed by atoms with E-state index in [0.29, 0.717) is 41.1 Å². The SMILES string of the molecule is CN1CCC(O)(c2nc(-c3cccc(F)c3)c(-c3ccnc(NC4CCCC4)n3)s2)CC1. The topological polar surface area (TPSA) is 74.2 Å². The lowest BCUT2D eigenvalue weighted by Gasteiger charge is -2.34. The van der Waals surface area contributed by atoms with Crippen LogP contribution in [-0.2, 0) is 5.60 Å². The minimum Gasteiger partial charge on any atom is -0.383 e. The Morgan fingerprint density at radius 1 is 1.16 bits per heavy atom. The molecule has 1 saturated heterocycles. The van der Waals surface area contributed by atoms with Gasteiger partial charge >= 0.3 is 0 Å². The Morgan fingerprint density at radius 3 is 2.69 bits per heavy atom. The summed E-state index contributed by atoms with van der Waals surface area (Å²) in [5.41, 5.74) is 1.10. The molecule has 2 aliphatic rings. The third kappa shape index (κ3) is 4.40. The molecular formula is C24H28FN5OS. The smallest absolute Gasteiger partial charge is 0.223 e. The van der Waals surface area contributed by atoms with E-state index >= 15 is 0 Å². The zero-order chi connectivity index (χ0) is 22.1. The van der Waals surface area contributed by atoms with E-state index < -0.39 is 5.60 Å². The molecule has 2 N–H and O–H groups in total. The average molecular weight is 454 g/mol. The fourth-order valence-electron chi connectivity index (χ4n) is 4.53. The van der Waals surface area contributed by atoms with Crippen molar-refractivity contribution in [2.24, 2.45) is 0 Å². The highest BCUT2D eigenvalue weighted by Crippen LogP contribution is 2.43. The minimum atomic E-state index is -0.977. The summed E-state index contributed by atoms with van der Waals surface area (Å²) in [6.07, 6.45) is 7.72. The van der Waals surface area contributed by atoms with Crippen molar-refractivity contribution >= 4 is 17.3 Å². The van der Waals surface area contributed by atoms with Gasteiger partial charge in [-0.25, -0.2) is 19.3 Å². The van der Waals surface area contributed by atoms with Crippen LogP contribution in [0.1, 0.15) is 43.5 Å². The molecule has 0 bridgehead atoms. The number of halogens is 1. The van der Waals surface area contributed by atoms with Crippen molar-refractivity contribution in [3.8, 4) is 21.8 Å². The molecule has 1 aliphatic heterocycles. The Labute approximate surface area is 191 Å². The molecule has 32 heavy (non-hydrogen) atoms. The van der Waals surface area contributed by atoms with Gasteiger partial charge in [-0.15, -0.1) is 11.3 Å². The van der Waals surface area contributed by atoms with E-state index in [4.69, 9.17) is 9.97 Å². The molecule has 168 valence electrons. The van der Waals surface area contributed by atoms with E-state index in [1.807, 2.05) is 12.1 Å².